The van der Waals surface area contributed by atoms with E-state index in [-0.39, 0.29) is 23.7 Å². The summed E-state index contributed by atoms with van der Waals surface area (Å²) in [7, 11) is 0. The third-order valence-corrected chi connectivity index (χ3v) is 3.98. The first-order chi connectivity index (χ1) is 10.6. The van der Waals surface area contributed by atoms with Gasteiger partial charge in [-0.2, -0.15) is 0 Å². The minimum Gasteiger partial charge on any atom is -0.492 e. The van der Waals surface area contributed by atoms with Gasteiger partial charge in [-0.25, -0.2) is 4.39 Å². The van der Waals surface area contributed by atoms with Gasteiger partial charge < -0.3 is 10.1 Å². The summed E-state index contributed by atoms with van der Waals surface area (Å²) in [6.45, 7) is 2.28. The molecule has 0 spiro atoms. The predicted molar refractivity (Wildman–Crippen MR) is 82.1 cm³/mol. The average Bonchev–Trinajstić information content (AvgIpc) is 2.55. The largest absolute Gasteiger partial charge is 0.492 e. The van der Waals surface area contributed by atoms with Crippen molar-refractivity contribution in [3.05, 3.63) is 65.5 Å². The Bertz CT molecular complexity index is 669. The number of carbonyl (C=O) groups excluding carboxylic acids is 1. The number of carbonyl (C=O) groups is 1. The van der Waals surface area contributed by atoms with Crippen LogP contribution in [0.5, 0.6) is 5.75 Å². The molecule has 2 aromatic carbocycles. The lowest BCUT2D eigenvalue weighted by atomic mass is 9.95. The van der Waals surface area contributed by atoms with Crippen LogP contribution in [0, 0.1) is 11.7 Å². The molecule has 1 heterocycles. The maximum Gasteiger partial charge on any atom is 0.227 e. The van der Waals surface area contributed by atoms with Gasteiger partial charge in [0.25, 0.3) is 0 Å². The number of nitrogens with one attached hydrogen (secondary N) is 1. The average molecular weight is 299 g/mol. The molecule has 0 fully saturated rings. The van der Waals surface area contributed by atoms with E-state index in [2.05, 4.69) is 5.32 Å². The highest BCUT2D eigenvalue weighted by molar-refractivity contribution is 5.80. The van der Waals surface area contributed by atoms with Gasteiger partial charge in [-0.1, -0.05) is 30.3 Å². The van der Waals surface area contributed by atoms with Gasteiger partial charge in [0, 0.05) is 0 Å². The Labute approximate surface area is 129 Å². The molecule has 0 radical (unpaired) electrons. The van der Waals surface area contributed by atoms with Crippen LogP contribution in [0.2, 0.25) is 0 Å². The number of fused-ring (bicyclic) bond motifs is 1. The fraction of sp³-hybridized carbons (Fsp3) is 0.278. The molecule has 0 saturated heterocycles. The third-order valence-electron chi connectivity index (χ3n) is 3.98. The molecule has 1 N–H and O–H groups in total. The second-order valence-corrected chi connectivity index (χ2v) is 5.60. The SMILES string of the molecule is CC(NC(=O)C1COc2ccccc2C1)c1ccc(F)cc1. The number of halogens is 1. The summed E-state index contributed by atoms with van der Waals surface area (Å²) in [6, 6.07) is 13.8. The van der Waals surface area contributed by atoms with Crippen LogP contribution in [-0.2, 0) is 11.2 Å². The maximum absolute atomic E-state index is 12.9. The summed E-state index contributed by atoms with van der Waals surface area (Å²) < 4.78 is 18.6. The number of benzene rings is 2. The van der Waals surface area contributed by atoms with Crippen molar-refractivity contribution < 1.29 is 13.9 Å². The molecule has 0 aromatic heterocycles. The Morgan fingerprint density at radius 3 is 2.73 bits per heavy atom. The molecule has 22 heavy (non-hydrogen) atoms. The molecule has 2 unspecified atom stereocenters. The van der Waals surface area contributed by atoms with Crippen LogP contribution in [0.3, 0.4) is 0 Å². The van der Waals surface area contributed by atoms with Crippen molar-refractivity contribution in [2.45, 2.75) is 19.4 Å². The quantitative estimate of drug-likeness (QED) is 0.945. The Morgan fingerprint density at radius 2 is 1.95 bits per heavy atom. The molecule has 2 atom stereocenters. The summed E-state index contributed by atoms with van der Waals surface area (Å²) in [5.41, 5.74) is 1.94. The number of rotatable bonds is 3. The monoisotopic (exact) mass is 299 g/mol. The van der Waals surface area contributed by atoms with E-state index < -0.39 is 0 Å². The summed E-state index contributed by atoms with van der Waals surface area (Å²) in [4.78, 5) is 12.4. The van der Waals surface area contributed by atoms with Gasteiger partial charge in [0.05, 0.1) is 12.0 Å². The lowest BCUT2D eigenvalue weighted by molar-refractivity contribution is -0.126. The zero-order valence-electron chi connectivity index (χ0n) is 12.4. The molecular formula is C18H18FNO2. The Hall–Kier alpha value is -2.36. The molecule has 1 aliphatic rings. The molecule has 3 rings (SSSR count). The van der Waals surface area contributed by atoms with Gasteiger partial charge in [0.2, 0.25) is 5.91 Å². The van der Waals surface area contributed by atoms with Gasteiger partial charge in [-0.05, 0) is 42.7 Å². The lowest BCUT2D eigenvalue weighted by Gasteiger charge is -2.26. The van der Waals surface area contributed by atoms with Gasteiger partial charge in [0.15, 0.2) is 0 Å². The van der Waals surface area contributed by atoms with E-state index in [1.54, 1.807) is 12.1 Å². The first-order valence-electron chi connectivity index (χ1n) is 7.40. The summed E-state index contributed by atoms with van der Waals surface area (Å²) >= 11 is 0. The summed E-state index contributed by atoms with van der Waals surface area (Å²) in [5.74, 6) is 0.349. The van der Waals surface area contributed by atoms with E-state index in [9.17, 15) is 9.18 Å². The molecule has 0 aliphatic carbocycles. The number of ether oxygens (including phenoxy) is 1. The Balaban J connectivity index is 1.64. The highest BCUT2D eigenvalue weighted by Crippen LogP contribution is 2.27. The van der Waals surface area contributed by atoms with Crippen molar-refractivity contribution >= 4 is 5.91 Å². The van der Waals surface area contributed by atoms with Gasteiger partial charge in [-0.15, -0.1) is 0 Å². The molecule has 1 amide bonds. The minimum absolute atomic E-state index is 0.0358. The van der Waals surface area contributed by atoms with Crippen LogP contribution < -0.4 is 10.1 Å². The van der Waals surface area contributed by atoms with E-state index in [0.29, 0.717) is 13.0 Å². The third kappa shape index (κ3) is 3.11. The van der Waals surface area contributed by atoms with E-state index >= 15 is 0 Å². The highest BCUT2D eigenvalue weighted by atomic mass is 19.1. The minimum atomic E-state index is -0.278. The molecule has 2 aromatic rings. The van der Waals surface area contributed by atoms with E-state index in [0.717, 1.165) is 16.9 Å². The standard InChI is InChI=1S/C18H18FNO2/c1-12(13-6-8-16(19)9-7-13)20-18(21)15-10-14-4-2-3-5-17(14)22-11-15/h2-9,12,15H,10-11H2,1H3,(H,20,21). The fourth-order valence-corrected chi connectivity index (χ4v) is 2.66. The highest BCUT2D eigenvalue weighted by Gasteiger charge is 2.26. The second-order valence-electron chi connectivity index (χ2n) is 5.60. The fourth-order valence-electron chi connectivity index (χ4n) is 2.66. The lowest BCUT2D eigenvalue weighted by Crippen LogP contribution is -2.38. The first-order valence-corrected chi connectivity index (χ1v) is 7.40. The van der Waals surface area contributed by atoms with Crippen molar-refractivity contribution in [1.29, 1.82) is 0 Å². The smallest absolute Gasteiger partial charge is 0.227 e. The van der Waals surface area contributed by atoms with E-state index in [1.807, 2.05) is 31.2 Å². The topological polar surface area (TPSA) is 38.3 Å². The molecule has 1 aliphatic heterocycles. The van der Waals surface area contributed by atoms with Crippen molar-refractivity contribution in [2.75, 3.05) is 6.61 Å². The van der Waals surface area contributed by atoms with E-state index in [4.69, 9.17) is 4.74 Å². The predicted octanol–water partition coefficient (Wildman–Crippen LogP) is 3.25. The molecule has 0 saturated carbocycles. The second kappa shape index (κ2) is 6.18. The maximum atomic E-state index is 12.9. The number of para-hydroxylation sites is 1. The number of amides is 1. The van der Waals surface area contributed by atoms with Crippen molar-refractivity contribution in [3.63, 3.8) is 0 Å². The van der Waals surface area contributed by atoms with Crippen LogP contribution in [0.1, 0.15) is 24.1 Å². The van der Waals surface area contributed by atoms with Crippen LogP contribution in [0.15, 0.2) is 48.5 Å². The summed E-state index contributed by atoms with van der Waals surface area (Å²) in [6.07, 6.45) is 0.679. The Morgan fingerprint density at radius 1 is 1.23 bits per heavy atom. The zero-order chi connectivity index (χ0) is 15.5. The van der Waals surface area contributed by atoms with Crippen LogP contribution in [-0.4, -0.2) is 12.5 Å². The van der Waals surface area contributed by atoms with Crippen LogP contribution in [0.25, 0.3) is 0 Å². The summed E-state index contributed by atoms with van der Waals surface area (Å²) in [5, 5.41) is 2.97. The van der Waals surface area contributed by atoms with Gasteiger partial charge in [-0.3, -0.25) is 4.79 Å². The molecular weight excluding hydrogens is 281 g/mol. The van der Waals surface area contributed by atoms with Crippen LogP contribution in [0.4, 0.5) is 4.39 Å². The van der Waals surface area contributed by atoms with Crippen molar-refractivity contribution in [2.24, 2.45) is 5.92 Å². The normalized spacial score (nSPS) is 18.0. The number of hydrogen-bond donors (Lipinski definition) is 1. The van der Waals surface area contributed by atoms with Gasteiger partial charge >= 0.3 is 0 Å². The Kier molecular flexibility index (Phi) is 4.09. The molecule has 4 heteroatoms. The van der Waals surface area contributed by atoms with Gasteiger partial charge in [0.1, 0.15) is 18.2 Å². The zero-order valence-corrected chi connectivity index (χ0v) is 12.4. The first kappa shape index (κ1) is 14.6. The van der Waals surface area contributed by atoms with Crippen molar-refractivity contribution in [1.82, 2.24) is 5.32 Å². The van der Waals surface area contributed by atoms with Crippen LogP contribution >= 0.6 is 0 Å². The molecule has 0 bridgehead atoms. The number of hydrogen-bond acceptors (Lipinski definition) is 2. The molecule has 3 nitrogen and oxygen atoms in total. The van der Waals surface area contributed by atoms with E-state index in [1.165, 1.54) is 12.1 Å². The van der Waals surface area contributed by atoms with Crippen molar-refractivity contribution in [3.8, 4) is 5.75 Å². The molecule has 114 valence electrons.